The zero-order valence-corrected chi connectivity index (χ0v) is 5.39. The summed E-state index contributed by atoms with van der Waals surface area (Å²) in [6.45, 7) is -2.81. The predicted molar refractivity (Wildman–Crippen MR) is 32.1 cm³/mol. The molecule has 3 nitrogen and oxygen atoms in total. The Bertz CT molecular complexity index is 59.7. The van der Waals surface area contributed by atoms with Gasteiger partial charge in [-0.05, 0) is 11.8 Å². The van der Waals surface area contributed by atoms with Crippen molar-refractivity contribution in [1.82, 2.24) is 0 Å². The molecule has 0 fully saturated rings. The molecule has 6 heteroatoms. The van der Waals surface area contributed by atoms with Crippen LogP contribution in [0.25, 0.3) is 0 Å². The van der Waals surface area contributed by atoms with E-state index in [2.05, 4.69) is 22.8 Å². The third-order valence-electron chi connectivity index (χ3n) is 0. The molecule has 0 aliphatic rings. The van der Waals surface area contributed by atoms with Crippen molar-refractivity contribution in [3.8, 4) is 0 Å². The van der Waals surface area contributed by atoms with E-state index < -0.39 is 6.57 Å². The maximum Gasteiger partial charge on any atom is 0.190 e. The topological polar surface area (TPSA) is 72.3 Å². The minimum atomic E-state index is -2.81. The molecule has 0 saturated carbocycles. The Morgan fingerprint density at radius 2 is 1.50 bits per heavy atom. The molecule has 0 saturated heterocycles. The molecule has 0 radical (unpaired) electrons. The van der Waals surface area contributed by atoms with Crippen LogP contribution in [0.3, 0.4) is 0 Å². The Hall–Kier alpha value is 0.820. The second-order valence-electron chi connectivity index (χ2n) is 0.672. The smallest absolute Gasteiger partial charge is 0.190 e. The second-order valence-corrected chi connectivity index (χ2v) is 3.77. The van der Waals surface area contributed by atoms with Crippen LogP contribution in [0.2, 0.25) is 0 Å². The Morgan fingerprint density at radius 1 is 1.50 bits per heavy atom. The van der Waals surface area contributed by atoms with Gasteiger partial charge in [0.1, 0.15) is 0 Å². The molecule has 0 heterocycles. The summed E-state index contributed by atoms with van der Waals surface area (Å²) in [7, 11) is 0. The largest absolute Gasteiger partial charge is 0.343 e. The highest BCUT2D eigenvalue weighted by molar-refractivity contribution is 8.09. The minimum Gasteiger partial charge on any atom is -0.343 e. The van der Waals surface area contributed by atoms with Gasteiger partial charge in [0, 0.05) is 0 Å². The summed E-state index contributed by atoms with van der Waals surface area (Å²) < 4.78 is 0. The van der Waals surface area contributed by atoms with Crippen LogP contribution in [0.15, 0.2) is 0 Å². The average Bonchev–Trinajstić information content (AvgIpc) is 0.722. The summed E-state index contributed by atoms with van der Waals surface area (Å²) in [6.07, 6.45) is 0. The maximum absolute atomic E-state index is 8.00. The monoisotopic (exact) mass is 148 g/mol. The van der Waals surface area contributed by atoms with Crippen molar-refractivity contribution < 1.29 is 4.89 Å². The number of nitrogens with two attached hydrogens (primary N) is 2. The molecule has 0 unspecified atom stereocenters. The molecule has 0 bridgehead atoms. The van der Waals surface area contributed by atoms with Crippen molar-refractivity contribution in [3.63, 3.8) is 0 Å². The Morgan fingerprint density at radius 3 is 1.50 bits per heavy atom. The van der Waals surface area contributed by atoms with Crippen LogP contribution >= 0.6 is 19.0 Å². The summed E-state index contributed by atoms with van der Waals surface area (Å²) in [6, 6.07) is 0. The fraction of sp³-hybridized carbons (Fsp3) is 0. The molecule has 0 amide bonds. The van der Waals surface area contributed by atoms with Gasteiger partial charge in [-0.25, -0.2) is 0 Å². The van der Waals surface area contributed by atoms with Gasteiger partial charge in [-0.1, -0.05) is 0 Å². The van der Waals surface area contributed by atoms with E-state index in [9.17, 15) is 0 Å². The third kappa shape index (κ3) is 105. The molecule has 0 spiro atoms. The van der Waals surface area contributed by atoms with Crippen LogP contribution in [0.1, 0.15) is 0 Å². The molecule has 0 rings (SSSR count). The van der Waals surface area contributed by atoms with Crippen LogP contribution in [0, 0.1) is 0 Å². The summed E-state index contributed by atoms with van der Waals surface area (Å²) in [5, 5.41) is 0. The lowest BCUT2D eigenvalue weighted by atomic mass is 13.9. The zero-order chi connectivity index (χ0) is 4.50. The molecule has 0 aliphatic heterocycles. The Balaban J connectivity index is 0. The zero-order valence-electron chi connectivity index (χ0n) is 2.87. The van der Waals surface area contributed by atoms with E-state index in [0.717, 1.165) is 0 Å². The molecule has 0 atom stereocenters. The second kappa shape index (κ2) is 2.91. The molecule has 6 heavy (non-hydrogen) atoms. The summed E-state index contributed by atoms with van der Waals surface area (Å²) in [5.41, 5.74) is 9.23. The van der Waals surface area contributed by atoms with Crippen molar-refractivity contribution in [2.75, 3.05) is 0 Å². The van der Waals surface area contributed by atoms with Gasteiger partial charge in [-0.3, -0.25) is 11.0 Å². The fourth-order valence-corrected chi connectivity index (χ4v) is 0. The molecule has 0 aromatic carbocycles. The van der Waals surface area contributed by atoms with E-state index >= 15 is 0 Å². The van der Waals surface area contributed by atoms with Crippen LogP contribution < -0.4 is 11.0 Å². The van der Waals surface area contributed by atoms with E-state index in [1.165, 1.54) is 0 Å². The summed E-state index contributed by atoms with van der Waals surface area (Å²) in [5.74, 6) is 0. The van der Waals surface area contributed by atoms with Gasteiger partial charge in [0.2, 0.25) is 0 Å². The Labute approximate surface area is 47.3 Å². The minimum absolute atomic E-state index is 0. The molecule has 0 aromatic heterocycles. The first-order valence-corrected chi connectivity index (χ1v) is 3.79. The molecular formula is H6ClN2OPS. The maximum atomic E-state index is 8.00. The van der Waals surface area contributed by atoms with Crippen molar-refractivity contribution in [3.05, 3.63) is 0 Å². The average molecular weight is 149 g/mol. The molecule has 40 valence electrons. The van der Waals surface area contributed by atoms with Crippen LogP contribution in [-0.2, 0) is 11.8 Å². The normalized spacial score (nSPS) is 9.83. The van der Waals surface area contributed by atoms with Gasteiger partial charge in [0.15, 0.2) is 6.57 Å². The highest BCUT2D eigenvalue weighted by atomic mass is 35.5. The van der Waals surface area contributed by atoms with Crippen LogP contribution in [0.5, 0.6) is 0 Å². The lowest BCUT2D eigenvalue weighted by molar-refractivity contribution is 0.624. The summed E-state index contributed by atoms with van der Waals surface area (Å²) >= 11 is 4.05. The van der Waals surface area contributed by atoms with Gasteiger partial charge in [0.25, 0.3) is 0 Å². The Kier molecular flexibility index (Phi) is 4.82. The summed E-state index contributed by atoms with van der Waals surface area (Å²) in [4.78, 5) is 8.00. The molecule has 0 aliphatic carbocycles. The number of rotatable bonds is 0. The predicted octanol–water partition coefficient (Wildman–Crippen LogP) is -0.458. The van der Waals surface area contributed by atoms with Gasteiger partial charge < -0.3 is 4.89 Å². The van der Waals surface area contributed by atoms with Crippen LogP contribution in [0.4, 0.5) is 0 Å². The van der Waals surface area contributed by atoms with Gasteiger partial charge >= 0.3 is 0 Å². The number of halogens is 1. The number of hydrogen-bond donors (Lipinski definition) is 3. The van der Waals surface area contributed by atoms with E-state index in [-0.39, 0.29) is 12.4 Å². The standard InChI is InChI=1S/ClH.H5N2OPS/c;1-4(2,3)5/h1H;(H5,1,2,3,5). The van der Waals surface area contributed by atoms with E-state index in [1.54, 1.807) is 0 Å². The van der Waals surface area contributed by atoms with Gasteiger partial charge in [-0.2, -0.15) is 0 Å². The fourth-order valence-electron chi connectivity index (χ4n) is 0. The number of hydrogen-bond acceptors (Lipinski definition) is 1. The first-order valence-electron chi connectivity index (χ1n) is 0.899. The first-order chi connectivity index (χ1) is 2.00. The van der Waals surface area contributed by atoms with Crippen molar-refractivity contribution in [2.24, 2.45) is 11.0 Å². The van der Waals surface area contributed by atoms with Crippen LogP contribution in [-0.4, -0.2) is 4.89 Å². The quantitative estimate of drug-likeness (QED) is 0.407. The first kappa shape index (κ1) is 9.94. The van der Waals surface area contributed by atoms with E-state index in [4.69, 9.17) is 4.89 Å². The lowest BCUT2D eigenvalue weighted by Gasteiger charge is -1.92. The lowest BCUT2D eigenvalue weighted by Crippen LogP contribution is -2.00. The SMILES string of the molecule is Cl.NP(N)(O)=S. The molecule has 0 aromatic rings. The van der Waals surface area contributed by atoms with Gasteiger partial charge in [-0.15, -0.1) is 12.4 Å². The van der Waals surface area contributed by atoms with Crippen molar-refractivity contribution >= 4 is 30.8 Å². The van der Waals surface area contributed by atoms with E-state index in [0.29, 0.717) is 0 Å². The highest BCUT2D eigenvalue weighted by Crippen LogP contribution is 2.14. The molecular weight excluding hydrogens is 143 g/mol. The van der Waals surface area contributed by atoms with Gasteiger partial charge in [0.05, 0.1) is 0 Å². The third-order valence-corrected chi connectivity index (χ3v) is 0. The van der Waals surface area contributed by atoms with E-state index in [1.807, 2.05) is 0 Å². The van der Waals surface area contributed by atoms with Crippen molar-refractivity contribution in [1.29, 1.82) is 0 Å². The highest BCUT2D eigenvalue weighted by Gasteiger charge is 1.85. The molecule has 5 N–H and O–H groups in total. The van der Waals surface area contributed by atoms with Crippen molar-refractivity contribution in [2.45, 2.75) is 0 Å².